The summed E-state index contributed by atoms with van der Waals surface area (Å²) in [5, 5.41) is 0. The van der Waals surface area contributed by atoms with Gasteiger partial charge in [-0.1, -0.05) is 36.4 Å². The van der Waals surface area contributed by atoms with E-state index in [4.69, 9.17) is 0 Å². The second-order valence-corrected chi connectivity index (χ2v) is 7.99. The number of halogens is 1. The molecule has 30 heavy (non-hydrogen) atoms. The lowest BCUT2D eigenvalue weighted by Gasteiger charge is -2.35. The molecular formula is C23H24FN3O3. The molecule has 3 amide bonds. The minimum absolute atomic E-state index is 0.0137. The molecule has 7 heteroatoms. The fourth-order valence-electron chi connectivity index (χ4n) is 4.15. The molecule has 1 unspecified atom stereocenters. The molecule has 156 valence electrons. The van der Waals surface area contributed by atoms with Crippen molar-refractivity contribution in [1.82, 2.24) is 9.80 Å². The molecule has 0 aliphatic carbocycles. The van der Waals surface area contributed by atoms with Gasteiger partial charge < -0.3 is 9.80 Å². The first-order chi connectivity index (χ1) is 14.4. The van der Waals surface area contributed by atoms with Crippen molar-refractivity contribution in [2.45, 2.75) is 19.9 Å². The summed E-state index contributed by atoms with van der Waals surface area (Å²) in [6.45, 7) is 3.82. The third-order valence-corrected chi connectivity index (χ3v) is 5.69. The Labute approximate surface area is 174 Å². The predicted octanol–water partition coefficient (Wildman–Crippen LogP) is 2.36. The summed E-state index contributed by atoms with van der Waals surface area (Å²) in [5.41, 5.74) is 2.02. The highest BCUT2D eigenvalue weighted by Gasteiger charge is 2.38. The van der Waals surface area contributed by atoms with Crippen molar-refractivity contribution in [3.8, 4) is 0 Å². The van der Waals surface area contributed by atoms with E-state index in [2.05, 4.69) is 0 Å². The fraction of sp³-hybridized carbons (Fsp3) is 0.348. The minimum Gasteiger partial charge on any atom is -0.338 e. The van der Waals surface area contributed by atoms with Crippen molar-refractivity contribution in [3.05, 3.63) is 65.5 Å². The van der Waals surface area contributed by atoms with Crippen LogP contribution in [0.3, 0.4) is 0 Å². The lowest BCUT2D eigenvalue weighted by atomic mass is 10.1. The van der Waals surface area contributed by atoms with Crippen LogP contribution in [0.1, 0.15) is 17.5 Å². The van der Waals surface area contributed by atoms with E-state index in [1.165, 1.54) is 15.9 Å². The highest BCUT2D eigenvalue weighted by Crippen LogP contribution is 2.25. The van der Waals surface area contributed by atoms with Gasteiger partial charge in [0.05, 0.1) is 5.69 Å². The van der Waals surface area contributed by atoms with Crippen LogP contribution in [0.2, 0.25) is 0 Å². The molecule has 0 saturated carbocycles. The number of likely N-dealkylation sites (tertiary alicyclic amines) is 1. The van der Waals surface area contributed by atoms with Gasteiger partial charge in [-0.05, 0) is 30.2 Å². The molecule has 1 atom stereocenters. The molecule has 2 aromatic carbocycles. The molecule has 0 radical (unpaired) electrons. The highest BCUT2D eigenvalue weighted by atomic mass is 19.1. The number of anilines is 1. The monoisotopic (exact) mass is 409 g/mol. The van der Waals surface area contributed by atoms with Gasteiger partial charge in [0.1, 0.15) is 5.82 Å². The number of carbonyl (C=O) groups excluding carboxylic acids is 3. The number of carbonyl (C=O) groups is 3. The van der Waals surface area contributed by atoms with E-state index in [1.807, 2.05) is 37.3 Å². The van der Waals surface area contributed by atoms with Crippen molar-refractivity contribution in [3.63, 3.8) is 0 Å². The molecule has 6 nitrogen and oxygen atoms in total. The quantitative estimate of drug-likeness (QED) is 0.713. The lowest BCUT2D eigenvalue weighted by molar-refractivity contribution is -0.146. The normalized spacial score (nSPS) is 19.7. The van der Waals surface area contributed by atoms with Gasteiger partial charge in [-0.2, -0.15) is 0 Å². The van der Waals surface area contributed by atoms with Gasteiger partial charge in [0.15, 0.2) is 0 Å². The van der Waals surface area contributed by atoms with Crippen molar-refractivity contribution >= 4 is 23.4 Å². The molecule has 0 aromatic heterocycles. The van der Waals surface area contributed by atoms with E-state index in [1.54, 1.807) is 17.0 Å². The third-order valence-electron chi connectivity index (χ3n) is 5.69. The highest BCUT2D eigenvalue weighted by molar-refractivity contribution is 6.41. The van der Waals surface area contributed by atoms with E-state index < -0.39 is 17.6 Å². The van der Waals surface area contributed by atoms with E-state index in [9.17, 15) is 18.8 Å². The van der Waals surface area contributed by atoms with Crippen LogP contribution in [0.15, 0.2) is 48.5 Å². The topological polar surface area (TPSA) is 60.9 Å². The van der Waals surface area contributed by atoms with Crippen molar-refractivity contribution < 1.29 is 18.8 Å². The lowest BCUT2D eigenvalue weighted by Crippen LogP contribution is -2.55. The first kappa shape index (κ1) is 20.1. The van der Waals surface area contributed by atoms with E-state index in [0.717, 1.165) is 11.1 Å². The van der Waals surface area contributed by atoms with Gasteiger partial charge in [0.2, 0.25) is 5.91 Å². The minimum atomic E-state index is -0.726. The molecule has 0 spiro atoms. The van der Waals surface area contributed by atoms with Gasteiger partial charge in [-0.25, -0.2) is 4.39 Å². The number of hydrogen-bond donors (Lipinski definition) is 0. The smallest absolute Gasteiger partial charge is 0.316 e. The number of aryl methyl sites for hydroxylation is 1. The maximum atomic E-state index is 14.2. The van der Waals surface area contributed by atoms with E-state index in [-0.39, 0.29) is 24.1 Å². The van der Waals surface area contributed by atoms with Gasteiger partial charge in [0, 0.05) is 45.1 Å². The van der Waals surface area contributed by atoms with Gasteiger partial charge in [0.25, 0.3) is 0 Å². The molecule has 4 rings (SSSR count). The number of piperazine rings is 1. The zero-order valence-electron chi connectivity index (χ0n) is 16.9. The van der Waals surface area contributed by atoms with E-state index >= 15 is 0 Å². The Morgan fingerprint density at radius 3 is 2.50 bits per heavy atom. The van der Waals surface area contributed by atoms with Crippen LogP contribution >= 0.6 is 0 Å². The van der Waals surface area contributed by atoms with Crippen molar-refractivity contribution in [1.29, 1.82) is 0 Å². The average Bonchev–Trinajstić information content (AvgIpc) is 3.07. The summed E-state index contributed by atoms with van der Waals surface area (Å²) in [5.74, 6) is -1.84. The summed E-state index contributed by atoms with van der Waals surface area (Å²) in [4.78, 5) is 42.2. The Hall–Kier alpha value is -3.22. The molecule has 2 aliphatic rings. The van der Waals surface area contributed by atoms with Crippen LogP contribution in [0, 0.1) is 18.7 Å². The maximum absolute atomic E-state index is 14.2. The Morgan fingerprint density at radius 1 is 0.967 bits per heavy atom. The molecule has 2 saturated heterocycles. The largest absolute Gasteiger partial charge is 0.338 e. The van der Waals surface area contributed by atoms with E-state index in [0.29, 0.717) is 32.6 Å². The molecule has 2 fully saturated rings. The molecule has 2 aliphatic heterocycles. The molecular weight excluding hydrogens is 385 g/mol. The number of amides is 3. The van der Waals surface area contributed by atoms with Crippen LogP contribution in [0.5, 0.6) is 0 Å². The molecule has 2 aromatic rings. The Morgan fingerprint density at radius 2 is 1.73 bits per heavy atom. The first-order valence-electron chi connectivity index (χ1n) is 10.1. The zero-order valence-corrected chi connectivity index (χ0v) is 16.9. The average molecular weight is 409 g/mol. The first-order valence-corrected chi connectivity index (χ1v) is 10.1. The summed E-state index contributed by atoms with van der Waals surface area (Å²) in [6.07, 6.45) is 0.362. The number of rotatable bonds is 5. The van der Waals surface area contributed by atoms with Crippen molar-refractivity contribution in [2.75, 3.05) is 31.1 Å². The maximum Gasteiger partial charge on any atom is 0.316 e. The SMILES string of the molecule is Cc1ccc(F)c(N2CCN(CC3CC(=O)N(Cc4ccccc4)C3)C(=O)C2=O)c1. The molecule has 0 N–H and O–H groups in total. The van der Waals surface area contributed by atoms with Gasteiger partial charge >= 0.3 is 11.8 Å². The van der Waals surface area contributed by atoms with Crippen LogP contribution in [-0.2, 0) is 20.9 Å². The Balaban J connectivity index is 1.38. The van der Waals surface area contributed by atoms with Crippen molar-refractivity contribution in [2.24, 2.45) is 5.92 Å². The number of benzene rings is 2. The summed E-state index contributed by atoms with van der Waals surface area (Å²) in [6, 6.07) is 14.3. The summed E-state index contributed by atoms with van der Waals surface area (Å²) < 4.78 is 14.2. The predicted molar refractivity (Wildman–Crippen MR) is 110 cm³/mol. The van der Waals surface area contributed by atoms with Crippen LogP contribution in [0.25, 0.3) is 0 Å². The number of nitrogens with zero attached hydrogens (tertiary/aromatic N) is 3. The summed E-state index contributed by atoms with van der Waals surface area (Å²) >= 11 is 0. The standard InChI is InChI=1S/C23H24FN3O3/c1-16-7-8-19(24)20(11-16)27-10-9-25(22(29)23(27)30)14-18-12-21(28)26(15-18)13-17-5-3-2-4-6-17/h2-8,11,18H,9-10,12-15H2,1H3. The Kier molecular flexibility index (Phi) is 5.53. The van der Waals surface area contributed by atoms with Gasteiger partial charge in [-0.3, -0.25) is 19.3 Å². The van der Waals surface area contributed by atoms with Crippen LogP contribution in [0.4, 0.5) is 10.1 Å². The fourth-order valence-corrected chi connectivity index (χ4v) is 4.15. The Bertz CT molecular complexity index is 979. The number of hydrogen-bond acceptors (Lipinski definition) is 3. The zero-order chi connectivity index (χ0) is 21.3. The summed E-state index contributed by atoms with van der Waals surface area (Å²) in [7, 11) is 0. The molecule has 0 bridgehead atoms. The third kappa shape index (κ3) is 4.06. The second kappa shape index (κ2) is 8.26. The molecule has 2 heterocycles. The van der Waals surface area contributed by atoms with Crippen LogP contribution in [-0.4, -0.2) is 53.7 Å². The van der Waals surface area contributed by atoms with Crippen LogP contribution < -0.4 is 4.90 Å². The van der Waals surface area contributed by atoms with Gasteiger partial charge in [-0.15, -0.1) is 0 Å². The second-order valence-electron chi connectivity index (χ2n) is 7.99.